The van der Waals surface area contributed by atoms with E-state index >= 15 is 0 Å². The Balaban J connectivity index is 0.000000325. The Morgan fingerprint density at radius 1 is 1.29 bits per heavy atom. The smallest absolute Gasteiger partial charge is 0.339 e. The highest BCUT2D eigenvalue weighted by molar-refractivity contribution is 7.51. The molecule has 0 heterocycles. The van der Waals surface area contributed by atoms with Crippen LogP contribution in [0.2, 0.25) is 0 Å². The number of aromatic hydroxyl groups is 1. The lowest BCUT2D eigenvalue weighted by Crippen LogP contribution is -1.95. The number of para-hydroxylation sites is 1. The SMILES string of the molecule is O=C(O)c1ccccc1O.O=P(O)(O)CCCl. The van der Waals surface area contributed by atoms with Crippen LogP contribution in [0, 0.1) is 0 Å². The largest absolute Gasteiger partial charge is 0.507 e. The first kappa shape index (κ1) is 15.9. The van der Waals surface area contributed by atoms with Gasteiger partial charge in [-0.3, -0.25) is 4.57 Å². The molecule has 0 fully saturated rings. The molecule has 17 heavy (non-hydrogen) atoms. The number of alkyl halides is 1. The highest BCUT2D eigenvalue weighted by Crippen LogP contribution is 2.33. The molecule has 0 aliphatic rings. The Kier molecular flexibility index (Phi) is 6.83. The molecule has 1 rings (SSSR count). The second-order valence-corrected chi connectivity index (χ2v) is 5.05. The molecule has 0 aromatic heterocycles. The van der Waals surface area contributed by atoms with Gasteiger partial charge >= 0.3 is 13.6 Å². The van der Waals surface area contributed by atoms with E-state index in [1.807, 2.05) is 0 Å². The Morgan fingerprint density at radius 2 is 1.82 bits per heavy atom. The molecular formula is C9H12ClO6P. The topological polar surface area (TPSA) is 115 Å². The molecule has 96 valence electrons. The molecule has 0 spiro atoms. The van der Waals surface area contributed by atoms with Crippen LogP contribution in [-0.2, 0) is 4.57 Å². The standard InChI is InChI=1S/C7H6O3.C2H6ClO3P/c8-6-4-2-1-3-5(6)7(9)10;3-1-2-7(4,5)6/h1-4,8H,(H,9,10);1-2H2,(H2,4,5,6). The van der Waals surface area contributed by atoms with Crippen LogP contribution in [-0.4, -0.2) is 38.0 Å². The van der Waals surface area contributed by atoms with Gasteiger partial charge in [0.1, 0.15) is 11.3 Å². The summed E-state index contributed by atoms with van der Waals surface area (Å²) >= 11 is 4.99. The highest BCUT2D eigenvalue weighted by Gasteiger charge is 2.09. The van der Waals surface area contributed by atoms with Gasteiger partial charge in [0.2, 0.25) is 0 Å². The number of aromatic carboxylic acids is 1. The maximum Gasteiger partial charge on any atom is 0.339 e. The summed E-state index contributed by atoms with van der Waals surface area (Å²) < 4.78 is 9.84. The minimum Gasteiger partial charge on any atom is -0.507 e. The molecule has 0 amide bonds. The van der Waals surface area contributed by atoms with Gasteiger partial charge in [0.25, 0.3) is 0 Å². The Bertz CT molecular complexity index is 416. The van der Waals surface area contributed by atoms with Crippen LogP contribution in [0.3, 0.4) is 0 Å². The van der Waals surface area contributed by atoms with Crippen LogP contribution in [0.1, 0.15) is 10.4 Å². The lowest BCUT2D eigenvalue weighted by atomic mass is 10.2. The van der Waals surface area contributed by atoms with Crippen molar-refractivity contribution < 1.29 is 29.4 Å². The molecule has 0 aliphatic heterocycles. The van der Waals surface area contributed by atoms with Gasteiger partial charge in [0.05, 0.1) is 6.16 Å². The zero-order chi connectivity index (χ0) is 13.5. The Morgan fingerprint density at radius 3 is 2.06 bits per heavy atom. The van der Waals surface area contributed by atoms with E-state index in [0.717, 1.165) is 0 Å². The van der Waals surface area contributed by atoms with Crippen molar-refractivity contribution in [2.24, 2.45) is 0 Å². The third kappa shape index (κ3) is 7.76. The first-order valence-electron chi connectivity index (χ1n) is 4.39. The summed E-state index contributed by atoms with van der Waals surface area (Å²) in [4.78, 5) is 26.4. The van der Waals surface area contributed by atoms with Gasteiger partial charge in [-0.25, -0.2) is 4.79 Å². The van der Waals surface area contributed by atoms with E-state index in [9.17, 15) is 9.36 Å². The van der Waals surface area contributed by atoms with Crippen LogP contribution in [0.4, 0.5) is 0 Å². The average Bonchev–Trinajstić information content (AvgIpc) is 2.16. The van der Waals surface area contributed by atoms with Crippen molar-refractivity contribution in [3.05, 3.63) is 29.8 Å². The molecule has 1 aromatic carbocycles. The summed E-state index contributed by atoms with van der Waals surface area (Å²) in [6.45, 7) is 0. The maximum absolute atomic E-state index is 10.3. The van der Waals surface area contributed by atoms with Crippen LogP contribution >= 0.6 is 19.2 Å². The zero-order valence-electron chi connectivity index (χ0n) is 8.65. The van der Waals surface area contributed by atoms with Gasteiger partial charge < -0.3 is 20.0 Å². The predicted molar refractivity (Wildman–Crippen MR) is 62.7 cm³/mol. The van der Waals surface area contributed by atoms with Crippen LogP contribution < -0.4 is 0 Å². The Labute approximate surface area is 103 Å². The molecule has 0 atom stereocenters. The van der Waals surface area contributed by atoms with Crippen molar-refractivity contribution in [3.8, 4) is 5.75 Å². The molecule has 0 bridgehead atoms. The second kappa shape index (κ2) is 7.29. The van der Waals surface area contributed by atoms with Gasteiger partial charge in [0, 0.05) is 5.88 Å². The molecule has 0 unspecified atom stereocenters. The molecule has 0 saturated heterocycles. The van der Waals surface area contributed by atoms with E-state index in [1.54, 1.807) is 12.1 Å². The van der Waals surface area contributed by atoms with Crippen LogP contribution in [0.15, 0.2) is 24.3 Å². The fourth-order valence-corrected chi connectivity index (χ4v) is 1.65. The second-order valence-electron chi connectivity index (χ2n) is 2.90. The summed E-state index contributed by atoms with van der Waals surface area (Å²) in [7, 11) is -3.80. The average molecular weight is 283 g/mol. The first-order valence-corrected chi connectivity index (χ1v) is 6.73. The minimum absolute atomic E-state index is 0.0181. The van der Waals surface area contributed by atoms with E-state index in [4.69, 9.17) is 31.6 Å². The molecule has 8 heteroatoms. The van der Waals surface area contributed by atoms with Crippen molar-refractivity contribution in [1.82, 2.24) is 0 Å². The van der Waals surface area contributed by atoms with Gasteiger partial charge in [0.15, 0.2) is 0 Å². The molecule has 0 radical (unpaired) electrons. The molecular weight excluding hydrogens is 271 g/mol. The number of rotatable bonds is 3. The number of halogens is 1. The van der Waals surface area contributed by atoms with E-state index in [0.29, 0.717) is 0 Å². The maximum atomic E-state index is 10.3. The normalized spacial score (nSPS) is 10.3. The zero-order valence-corrected chi connectivity index (χ0v) is 10.3. The van der Waals surface area contributed by atoms with Crippen molar-refractivity contribution in [3.63, 3.8) is 0 Å². The highest BCUT2D eigenvalue weighted by atomic mass is 35.5. The third-order valence-electron chi connectivity index (χ3n) is 1.51. The molecule has 4 N–H and O–H groups in total. The molecule has 1 aromatic rings. The molecule has 0 aliphatic carbocycles. The third-order valence-corrected chi connectivity index (χ3v) is 2.77. The van der Waals surface area contributed by atoms with E-state index in [1.165, 1.54) is 12.1 Å². The van der Waals surface area contributed by atoms with Gasteiger partial charge in [-0.2, -0.15) is 0 Å². The van der Waals surface area contributed by atoms with Crippen molar-refractivity contribution in [2.75, 3.05) is 12.0 Å². The van der Waals surface area contributed by atoms with E-state index in [-0.39, 0.29) is 23.4 Å². The van der Waals surface area contributed by atoms with Gasteiger partial charge in [-0.15, -0.1) is 11.6 Å². The van der Waals surface area contributed by atoms with Crippen molar-refractivity contribution in [2.45, 2.75) is 0 Å². The summed E-state index contributed by atoms with van der Waals surface area (Å²) in [5.41, 5.74) is -0.0671. The summed E-state index contributed by atoms with van der Waals surface area (Å²) in [5, 5.41) is 17.3. The van der Waals surface area contributed by atoms with E-state index in [2.05, 4.69) is 0 Å². The number of hydrogen-bond acceptors (Lipinski definition) is 3. The van der Waals surface area contributed by atoms with E-state index < -0.39 is 13.6 Å². The fraction of sp³-hybridized carbons (Fsp3) is 0.222. The summed E-state index contributed by atoms with van der Waals surface area (Å²) in [6, 6.07) is 5.81. The number of hydrogen-bond donors (Lipinski definition) is 4. The number of carboxylic acids is 1. The summed E-state index contributed by atoms with van der Waals surface area (Å²) in [5.74, 6) is -1.29. The first-order chi connectivity index (χ1) is 7.78. The fourth-order valence-electron chi connectivity index (χ4n) is 0.765. The van der Waals surface area contributed by atoms with Gasteiger partial charge in [-0.1, -0.05) is 12.1 Å². The van der Waals surface area contributed by atoms with Crippen LogP contribution in [0.5, 0.6) is 5.75 Å². The Hall–Kier alpha value is -1.07. The lowest BCUT2D eigenvalue weighted by molar-refractivity contribution is 0.0693. The monoisotopic (exact) mass is 282 g/mol. The number of carboxylic acid groups (broad SMARTS) is 1. The predicted octanol–water partition coefficient (Wildman–Crippen LogP) is 1.49. The quantitative estimate of drug-likeness (QED) is 0.493. The molecule has 6 nitrogen and oxygen atoms in total. The number of phenols is 1. The van der Waals surface area contributed by atoms with Gasteiger partial charge in [-0.05, 0) is 12.1 Å². The number of benzene rings is 1. The van der Waals surface area contributed by atoms with Crippen LogP contribution in [0.25, 0.3) is 0 Å². The van der Waals surface area contributed by atoms with Crippen molar-refractivity contribution in [1.29, 1.82) is 0 Å². The minimum atomic E-state index is -3.80. The van der Waals surface area contributed by atoms with Crippen molar-refractivity contribution >= 4 is 25.2 Å². The number of carbonyl (C=O) groups is 1. The lowest BCUT2D eigenvalue weighted by Gasteiger charge is -1.95. The molecule has 0 saturated carbocycles. The summed E-state index contributed by atoms with van der Waals surface area (Å²) in [6.07, 6.45) is -0.228.